The summed E-state index contributed by atoms with van der Waals surface area (Å²) < 4.78 is 0. The van der Waals surface area contributed by atoms with Crippen molar-refractivity contribution in [1.29, 1.82) is 0 Å². The van der Waals surface area contributed by atoms with Gasteiger partial charge in [0.1, 0.15) is 0 Å². The molecule has 0 spiro atoms. The van der Waals surface area contributed by atoms with E-state index >= 15 is 0 Å². The van der Waals surface area contributed by atoms with Crippen molar-refractivity contribution in [2.75, 3.05) is 32.8 Å². The van der Waals surface area contributed by atoms with Gasteiger partial charge in [0.25, 0.3) is 0 Å². The lowest BCUT2D eigenvalue weighted by Crippen LogP contribution is -2.51. The third kappa shape index (κ3) is 4.94. The molecule has 1 aliphatic heterocycles. The maximum absolute atomic E-state index is 9.35. The van der Waals surface area contributed by atoms with Crippen LogP contribution in [0.4, 0.5) is 0 Å². The van der Waals surface area contributed by atoms with Gasteiger partial charge in [-0.2, -0.15) is 0 Å². The van der Waals surface area contributed by atoms with Crippen LogP contribution in [-0.2, 0) is 0 Å². The van der Waals surface area contributed by atoms with E-state index in [2.05, 4.69) is 24.1 Å². The Balaban J connectivity index is 2.01. The molecule has 0 amide bonds. The third-order valence-electron chi connectivity index (χ3n) is 5.69. The average molecular weight is 296 g/mol. The topological polar surface area (TPSA) is 35.5 Å². The molecule has 1 aliphatic carbocycles. The summed E-state index contributed by atoms with van der Waals surface area (Å²) in [6, 6.07) is 0.625. The molecule has 0 aromatic heterocycles. The predicted molar refractivity (Wildman–Crippen MR) is 89.5 cm³/mol. The van der Waals surface area contributed by atoms with E-state index in [1.54, 1.807) is 0 Å². The number of likely N-dealkylation sites (tertiary alicyclic amines) is 1. The summed E-state index contributed by atoms with van der Waals surface area (Å²) in [5.41, 5.74) is 0.471. The van der Waals surface area contributed by atoms with Gasteiger partial charge in [0.2, 0.25) is 0 Å². The van der Waals surface area contributed by atoms with E-state index in [1.807, 2.05) is 0 Å². The van der Waals surface area contributed by atoms with Gasteiger partial charge in [0, 0.05) is 25.7 Å². The van der Waals surface area contributed by atoms with Gasteiger partial charge in [-0.3, -0.25) is 4.90 Å². The molecule has 3 atom stereocenters. The van der Waals surface area contributed by atoms with Crippen LogP contribution in [0.3, 0.4) is 0 Å². The summed E-state index contributed by atoms with van der Waals surface area (Å²) in [5.74, 6) is 0.874. The molecule has 2 fully saturated rings. The van der Waals surface area contributed by atoms with E-state index in [4.69, 9.17) is 0 Å². The minimum atomic E-state index is 0.345. The Morgan fingerprint density at radius 3 is 2.81 bits per heavy atom. The van der Waals surface area contributed by atoms with Crippen LogP contribution in [0.5, 0.6) is 0 Å². The fourth-order valence-electron chi connectivity index (χ4n) is 4.69. The zero-order valence-corrected chi connectivity index (χ0v) is 14.2. The third-order valence-corrected chi connectivity index (χ3v) is 5.69. The van der Waals surface area contributed by atoms with Crippen molar-refractivity contribution in [3.8, 4) is 0 Å². The minimum absolute atomic E-state index is 0.345. The second-order valence-corrected chi connectivity index (χ2v) is 7.61. The number of nitrogens with zero attached hydrogens (tertiary/aromatic N) is 1. The number of hydrogen-bond donors (Lipinski definition) is 2. The van der Waals surface area contributed by atoms with E-state index in [0.29, 0.717) is 18.1 Å². The lowest BCUT2D eigenvalue weighted by Gasteiger charge is -2.47. The maximum atomic E-state index is 9.35. The van der Waals surface area contributed by atoms with Gasteiger partial charge in [0.05, 0.1) is 0 Å². The molecule has 124 valence electrons. The summed E-state index contributed by atoms with van der Waals surface area (Å²) in [5, 5.41) is 13.0. The second-order valence-electron chi connectivity index (χ2n) is 7.61. The smallest absolute Gasteiger partial charge is 0.0445 e. The number of aliphatic hydroxyl groups excluding tert-OH is 1. The molecule has 0 bridgehead atoms. The highest BCUT2D eigenvalue weighted by Crippen LogP contribution is 2.40. The van der Waals surface area contributed by atoms with Crippen molar-refractivity contribution in [2.45, 2.75) is 71.3 Å². The lowest BCUT2D eigenvalue weighted by atomic mass is 9.69. The van der Waals surface area contributed by atoms with E-state index in [1.165, 1.54) is 64.6 Å². The Labute approximate surface area is 131 Å². The Hall–Kier alpha value is -0.120. The van der Waals surface area contributed by atoms with Gasteiger partial charge in [0.15, 0.2) is 0 Å². The average Bonchev–Trinajstić information content (AvgIpc) is 2.48. The summed E-state index contributed by atoms with van der Waals surface area (Å²) in [6.07, 6.45) is 10.5. The van der Waals surface area contributed by atoms with Crippen molar-refractivity contribution < 1.29 is 5.11 Å². The zero-order chi connectivity index (χ0) is 15.1. The predicted octanol–water partition coefficient (Wildman–Crippen LogP) is 3.03. The number of rotatable bonds is 7. The summed E-state index contributed by atoms with van der Waals surface area (Å²) in [6.45, 7) is 9.74. The van der Waals surface area contributed by atoms with Gasteiger partial charge < -0.3 is 10.4 Å². The van der Waals surface area contributed by atoms with Crippen LogP contribution in [0.1, 0.15) is 65.2 Å². The Morgan fingerprint density at radius 2 is 2.10 bits per heavy atom. The molecular formula is C18H36N2O. The highest BCUT2D eigenvalue weighted by atomic mass is 16.3. The standard InChI is InChI=1S/C18H36N2O/c1-3-19-14-18(10-6-7-16(2)13-18)15-20-11-5-4-8-17(20)9-12-21/h16-17,19,21H,3-15H2,1-2H3. The first-order valence-electron chi connectivity index (χ1n) is 9.25. The fraction of sp³-hybridized carbons (Fsp3) is 1.00. The van der Waals surface area contributed by atoms with Gasteiger partial charge in [-0.25, -0.2) is 0 Å². The molecule has 1 saturated carbocycles. The summed E-state index contributed by atoms with van der Waals surface area (Å²) in [4.78, 5) is 2.72. The monoisotopic (exact) mass is 296 g/mol. The molecule has 0 radical (unpaired) electrons. The Morgan fingerprint density at radius 1 is 1.24 bits per heavy atom. The summed E-state index contributed by atoms with van der Waals surface area (Å²) in [7, 11) is 0. The first kappa shape index (κ1) is 17.2. The van der Waals surface area contributed by atoms with Gasteiger partial charge in [-0.15, -0.1) is 0 Å². The molecule has 1 heterocycles. The molecule has 1 saturated heterocycles. The lowest BCUT2D eigenvalue weighted by molar-refractivity contribution is 0.0337. The second kappa shape index (κ2) is 8.50. The molecule has 2 N–H and O–H groups in total. The van der Waals surface area contributed by atoms with Crippen LogP contribution in [0, 0.1) is 11.3 Å². The Kier molecular flexibility index (Phi) is 6.97. The quantitative estimate of drug-likeness (QED) is 0.758. The van der Waals surface area contributed by atoms with Gasteiger partial charge >= 0.3 is 0 Å². The minimum Gasteiger partial charge on any atom is -0.396 e. The number of hydrogen-bond acceptors (Lipinski definition) is 3. The highest BCUT2D eigenvalue weighted by molar-refractivity contribution is 4.92. The SMILES string of the molecule is CCNCC1(CN2CCCCC2CCO)CCCC(C)C1. The van der Waals surface area contributed by atoms with E-state index in [-0.39, 0.29) is 0 Å². The van der Waals surface area contributed by atoms with Crippen molar-refractivity contribution in [3.05, 3.63) is 0 Å². The molecule has 21 heavy (non-hydrogen) atoms. The first-order valence-corrected chi connectivity index (χ1v) is 9.25. The number of aliphatic hydroxyl groups is 1. The zero-order valence-electron chi connectivity index (χ0n) is 14.2. The maximum Gasteiger partial charge on any atom is 0.0445 e. The van der Waals surface area contributed by atoms with E-state index in [9.17, 15) is 5.11 Å². The van der Waals surface area contributed by atoms with Crippen LogP contribution >= 0.6 is 0 Å². The first-order chi connectivity index (χ1) is 10.2. The molecule has 3 unspecified atom stereocenters. The number of nitrogens with one attached hydrogen (secondary N) is 1. The molecule has 0 aromatic carbocycles. The van der Waals surface area contributed by atoms with Crippen LogP contribution in [0.25, 0.3) is 0 Å². The van der Waals surface area contributed by atoms with Crippen molar-refractivity contribution >= 4 is 0 Å². The molecule has 2 aliphatic rings. The van der Waals surface area contributed by atoms with Crippen LogP contribution in [0.2, 0.25) is 0 Å². The van der Waals surface area contributed by atoms with Crippen molar-refractivity contribution in [1.82, 2.24) is 10.2 Å². The van der Waals surface area contributed by atoms with Crippen LogP contribution < -0.4 is 5.32 Å². The largest absolute Gasteiger partial charge is 0.396 e. The van der Waals surface area contributed by atoms with Crippen molar-refractivity contribution in [3.63, 3.8) is 0 Å². The summed E-state index contributed by atoms with van der Waals surface area (Å²) >= 11 is 0. The van der Waals surface area contributed by atoms with E-state index in [0.717, 1.165) is 18.9 Å². The molecule has 3 heteroatoms. The molecular weight excluding hydrogens is 260 g/mol. The number of piperidine rings is 1. The van der Waals surface area contributed by atoms with Crippen molar-refractivity contribution in [2.24, 2.45) is 11.3 Å². The van der Waals surface area contributed by atoms with E-state index < -0.39 is 0 Å². The van der Waals surface area contributed by atoms with Gasteiger partial charge in [-0.05, 0) is 56.5 Å². The Bertz CT molecular complexity index is 295. The van der Waals surface area contributed by atoms with Crippen LogP contribution in [0.15, 0.2) is 0 Å². The molecule has 2 rings (SSSR count). The fourth-order valence-corrected chi connectivity index (χ4v) is 4.69. The van der Waals surface area contributed by atoms with Crippen LogP contribution in [-0.4, -0.2) is 48.8 Å². The normalized spacial score (nSPS) is 35.0. The van der Waals surface area contributed by atoms with Gasteiger partial charge in [-0.1, -0.05) is 33.1 Å². The molecule has 3 nitrogen and oxygen atoms in total. The highest BCUT2D eigenvalue weighted by Gasteiger charge is 2.38. The molecule has 0 aromatic rings.